The van der Waals surface area contributed by atoms with Crippen LogP contribution in [0.15, 0.2) is 125 Å². The molecule has 0 saturated carbocycles. The molecule has 2 aliphatic heterocycles. The minimum Gasteiger partial charge on any atom is -0.457 e. The van der Waals surface area contributed by atoms with E-state index in [0.29, 0.717) is 5.75 Å². The number of para-hydroxylation sites is 2. The largest absolute Gasteiger partial charge is 0.457 e. The molecule has 1 N–H and O–H groups in total. The van der Waals surface area contributed by atoms with Crippen molar-refractivity contribution in [3.63, 3.8) is 0 Å². The van der Waals surface area contributed by atoms with Crippen molar-refractivity contribution in [2.45, 2.75) is 88.9 Å². The first-order valence-corrected chi connectivity index (χ1v) is 18.9. The second-order valence-electron chi connectivity index (χ2n) is 14.4. The van der Waals surface area contributed by atoms with Crippen molar-refractivity contribution < 1.29 is 22.3 Å². The number of rotatable bonds is 10. The van der Waals surface area contributed by atoms with Gasteiger partial charge in [0.2, 0.25) is 5.69 Å². The third kappa shape index (κ3) is 6.71. The van der Waals surface area contributed by atoms with Crippen LogP contribution in [-0.4, -0.2) is 36.9 Å². The third-order valence-corrected chi connectivity index (χ3v) is 11.3. The minimum absolute atomic E-state index is 0.155. The Morgan fingerprint density at radius 1 is 0.857 bits per heavy atom. The molecule has 3 aromatic rings. The molecule has 0 amide bonds. The average molecular weight is 678 g/mol. The lowest BCUT2D eigenvalue weighted by Gasteiger charge is -2.27. The SMILES string of the molecule is CCCCCN1/C(=C/C=C2\CCCC(/C=C/C3=[N+](C)c4ccccc4C3(C)C)=C2Oc2ccc(S(=O)(=O)O)cc2)C(C)(C)c2ccccc21. The Morgan fingerprint density at radius 3 is 2.24 bits per heavy atom. The number of allylic oxidation sites excluding steroid dienone is 7. The zero-order chi connectivity index (χ0) is 35.0. The van der Waals surface area contributed by atoms with Crippen molar-refractivity contribution in [3.8, 4) is 5.75 Å². The molecule has 3 aliphatic rings. The zero-order valence-corrected chi connectivity index (χ0v) is 30.5. The van der Waals surface area contributed by atoms with Crippen LogP contribution < -0.4 is 9.64 Å². The molecule has 3 aromatic carbocycles. The van der Waals surface area contributed by atoms with Gasteiger partial charge in [-0.3, -0.25) is 4.55 Å². The summed E-state index contributed by atoms with van der Waals surface area (Å²) in [5.74, 6) is 1.31. The number of hydrogen-bond acceptors (Lipinski definition) is 4. The van der Waals surface area contributed by atoms with Gasteiger partial charge in [0.1, 0.15) is 18.6 Å². The van der Waals surface area contributed by atoms with Crippen LogP contribution in [0.4, 0.5) is 11.4 Å². The molecule has 6 nitrogen and oxygen atoms in total. The summed E-state index contributed by atoms with van der Waals surface area (Å²) in [6.07, 6.45) is 15.2. The molecular formula is C42H49N2O4S+. The molecule has 2 heterocycles. The van der Waals surface area contributed by atoms with E-state index in [0.717, 1.165) is 49.1 Å². The van der Waals surface area contributed by atoms with Gasteiger partial charge in [0.15, 0.2) is 5.71 Å². The van der Waals surface area contributed by atoms with Crippen LogP contribution in [0.1, 0.15) is 84.3 Å². The van der Waals surface area contributed by atoms with Gasteiger partial charge in [-0.15, -0.1) is 0 Å². The lowest BCUT2D eigenvalue weighted by Crippen LogP contribution is -2.27. The molecule has 0 unspecified atom stereocenters. The number of unbranched alkanes of at least 4 members (excludes halogenated alkanes) is 2. The Balaban J connectivity index is 1.43. The predicted molar refractivity (Wildman–Crippen MR) is 200 cm³/mol. The summed E-state index contributed by atoms with van der Waals surface area (Å²) in [6.45, 7) is 12.4. The van der Waals surface area contributed by atoms with Crippen LogP contribution >= 0.6 is 0 Å². The first-order chi connectivity index (χ1) is 23.3. The van der Waals surface area contributed by atoms with Gasteiger partial charge >= 0.3 is 0 Å². The van der Waals surface area contributed by atoms with Crippen molar-refractivity contribution in [2.75, 3.05) is 18.5 Å². The second kappa shape index (κ2) is 13.6. The Labute approximate surface area is 292 Å². The highest BCUT2D eigenvalue weighted by molar-refractivity contribution is 7.85. The number of benzene rings is 3. The maximum atomic E-state index is 11.7. The van der Waals surface area contributed by atoms with E-state index in [2.05, 4.69) is 124 Å². The fourth-order valence-electron chi connectivity index (χ4n) is 7.71. The first-order valence-electron chi connectivity index (χ1n) is 17.5. The Kier molecular flexibility index (Phi) is 9.62. The average Bonchev–Trinajstić information content (AvgIpc) is 3.41. The lowest BCUT2D eigenvalue weighted by molar-refractivity contribution is -0.401. The van der Waals surface area contributed by atoms with Gasteiger partial charge in [0.25, 0.3) is 10.1 Å². The van der Waals surface area contributed by atoms with Gasteiger partial charge in [-0.05, 0) is 98.7 Å². The van der Waals surface area contributed by atoms with E-state index >= 15 is 0 Å². The number of ether oxygens (including phenoxy) is 1. The van der Waals surface area contributed by atoms with Gasteiger partial charge in [0.05, 0.1) is 10.3 Å². The number of hydrogen-bond donors (Lipinski definition) is 1. The van der Waals surface area contributed by atoms with E-state index in [1.165, 1.54) is 58.9 Å². The normalized spacial score (nSPS) is 20.1. The monoisotopic (exact) mass is 677 g/mol. The summed E-state index contributed by atoms with van der Waals surface area (Å²) in [6, 6.07) is 23.3. The van der Waals surface area contributed by atoms with Crippen LogP contribution in [0.25, 0.3) is 0 Å². The highest BCUT2D eigenvalue weighted by Crippen LogP contribution is 2.48. The quantitative estimate of drug-likeness (QED) is 0.131. The highest BCUT2D eigenvalue weighted by atomic mass is 32.2. The first kappa shape index (κ1) is 34.7. The van der Waals surface area contributed by atoms with E-state index in [4.69, 9.17) is 4.74 Å². The standard InChI is InChI=1S/C42H48N2O4S/c1-7-8-13-29-44-37-20-12-10-18-35(37)42(4,5)39(44)28-22-31-16-14-15-30(40(31)48-32-23-25-33(26-24-32)49(45,46)47)21-27-38-41(2,3)34-17-9-11-19-36(34)43(38)6/h9-12,17-28H,7-8,13-16,29H2,1-6H3/p+1. The van der Waals surface area contributed by atoms with Crippen molar-refractivity contribution in [1.82, 2.24) is 0 Å². The summed E-state index contributed by atoms with van der Waals surface area (Å²) in [7, 11) is -2.18. The van der Waals surface area contributed by atoms with Crippen molar-refractivity contribution in [1.29, 1.82) is 0 Å². The fourth-order valence-corrected chi connectivity index (χ4v) is 8.19. The molecule has 0 radical (unpaired) electrons. The van der Waals surface area contributed by atoms with Gasteiger partial charge in [-0.1, -0.05) is 76.1 Å². The van der Waals surface area contributed by atoms with Gasteiger partial charge in [-0.25, -0.2) is 0 Å². The summed E-state index contributed by atoms with van der Waals surface area (Å²) in [5, 5.41) is 0. The van der Waals surface area contributed by atoms with Crippen molar-refractivity contribution in [3.05, 3.63) is 131 Å². The maximum absolute atomic E-state index is 11.7. The second-order valence-corrected chi connectivity index (χ2v) is 15.8. The van der Waals surface area contributed by atoms with Crippen LogP contribution in [0.2, 0.25) is 0 Å². The van der Waals surface area contributed by atoms with E-state index in [-0.39, 0.29) is 15.7 Å². The van der Waals surface area contributed by atoms with E-state index in [1.807, 2.05) is 0 Å². The predicted octanol–water partition coefficient (Wildman–Crippen LogP) is 9.81. The molecule has 256 valence electrons. The number of anilines is 1. The van der Waals surface area contributed by atoms with Gasteiger partial charge in [-0.2, -0.15) is 13.0 Å². The Bertz CT molecular complexity index is 2010. The lowest BCUT2D eigenvalue weighted by atomic mass is 9.81. The molecule has 0 fully saturated rings. The van der Waals surface area contributed by atoms with Crippen LogP contribution in [0.5, 0.6) is 5.75 Å². The molecular weight excluding hydrogens is 629 g/mol. The molecule has 0 saturated heterocycles. The Morgan fingerprint density at radius 2 is 1.55 bits per heavy atom. The van der Waals surface area contributed by atoms with Gasteiger partial charge in [0, 0.05) is 41.1 Å². The van der Waals surface area contributed by atoms with Crippen LogP contribution in [0.3, 0.4) is 0 Å². The molecule has 49 heavy (non-hydrogen) atoms. The Hall–Kier alpha value is -4.20. The fraction of sp³-hybridized carbons (Fsp3) is 0.357. The summed E-state index contributed by atoms with van der Waals surface area (Å²) in [5.41, 5.74) is 9.53. The topological polar surface area (TPSA) is 69.8 Å². The molecule has 7 heteroatoms. The van der Waals surface area contributed by atoms with Crippen molar-refractivity contribution in [2.24, 2.45) is 0 Å². The van der Waals surface area contributed by atoms with E-state index in [9.17, 15) is 13.0 Å². The molecule has 0 atom stereocenters. The molecule has 0 aromatic heterocycles. The molecule has 0 spiro atoms. The summed E-state index contributed by atoms with van der Waals surface area (Å²) >= 11 is 0. The number of fused-ring (bicyclic) bond motifs is 2. The summed E-state index contributed by atoms with van der Waals surface area (Å²) in [4.78, 5) is 2.34. The number of nitrogens with zero attached hydrogens (tertiary/aromatic N) is 2. The third-order valence-electron chi connectivity index (χ3n) is 10.4. The van der Waals surface area contributed by atoms with E-state index in [1.54, 1.807) is 12.1 Å². The van der Waals surface area contributed by atoms with Crippen LogP contribution in [-0.2, 0) is 20.9 Å². The molecule has 0 bridgehead atoms. The van der Waals surface area contributed by atoms with Crippen LogP contribution in [0, 0.1) is 0 Å². The van der Waals surface area contributed by atoms with Crippen molar-refractivity contribution >= 4 is 27.2 Å². The summed E-state index contributed by atoms with van der Waals surface area (Å²) < 4.78 is 41.9. The van der Waals surface area contributed by atoms with Gasteiger partial charge < -0.3 is 9.64 Å². The maximum Gasteiger partial charge on any atom is 0.294 e. The minimum atomic E-state index is -4.31. The smallest absolute Gasteiger partial charge is 0.294 e. The molecule has 1 aliphatic carbocycles. The highest BCUT2D eigenvalue weighted by Gasteiger charge is 2.43. The molecule has 6 rings (SSSR count). The zero-order valence-electron chi connectivity index (χ0n) is 29.7. The van der Waals surface area contributed by atoms with E-state index < -0.39 is 10.1 Å².